The number of rotatable bonds is 31. The van der Waals surface area contributed by atoms with Crippen LogP contribution in [0.4, 0.5) is 4.79 Å². The molecule has 29 nitrogen and oxygen atoms in total. The Morgan fingerprint density at radius 1 is 0.609 bits per heavy atom. The summed E-state index contributed by atoms with van der Waals surface area (Å²) < 4.78 is 2.58. The van der Waals surface area contributed by atoms with Gasteiger partial charge in [0.05, 0.1) is 19.1 Å². The number of nitrogens with one attached hydrogen (secondary N) is 3. The molecule has 5 amide bonds. The first-order chi connectivity index (χ1) is 30.1. The average molecular weight is 912 g/mol. The fourth-order valence-electron chi connectivity index (χ4n) is 5.78. The van der Waals surface area contributed by atoms with Gasteiger partial charge in [-0.2, -0.15) is 0 Å². The molecule has 2 aromatic heterocycles. The Labute approximate surface area is 361 Å². The van der Waals surface area contributed by atoms with Gasteiger partial charge in [-0.3, -0.25) is 43.3 Å². The van der Waals surface area contributed by atoms with Crippen molar-refractivity contribution in [2.45, 2.75) is 76.4 Å². The molecule has 0 fully saturated rings. The highest BCUT2D eigenvalue weighted by molar-refractivity contribution is 5.87. The summed E-state index contributed by atoms with van der Waals surface area (Å²) in [5.41, 5.74) is 6.28. The molecule has 12 N–H and O–H groups in total. The van der Waals surface area contributed by atoms with Crippen molar-refractivity contribution in [2.75, 3.05) is 39.3 Å². The number of hydrogen-bond donors (Lipinski definition) is 11. The van der Waals surface area contributed by atoms with Crippen LogP contribution in [0.3, 0.4) is 0 Å². The number of carboxylic acids is 7. The number of unbranched alkanes of at least 4 members (excludes halogenated alkanes) is 1. The second-order valence-corrected chi connectivity index (χ2v) is 13.9. The maximum Gasteiger partial charge on any atom is 0.326 e. The second-order valence-electron chi connectivity index (χ2n) is 13.9. The predicted molar refractivity (Wildman–Crippen MR) is 208 cm³/mol. The molecule has 0 aliphatic rings. The Morgan fingerprint density at radius 2 is 1.03 bits per heavy atom. The lowest BCUT2D eigenvalue weighted by molar-refractivity contribution is -0.150. The Kier molecular flexibility index (Phi) is 21.3. The summed E-state index contributed by atoms with van der Waals surface area (Å²) in [5, 5.41) is 71.0. The number of nitrogens with zero attached hydrogens (tertiary/aromatic N) is 7. The van der Waals surface area contributed by atoms with Crippen molar-refractivity contribution in [2.24, 2.45) is 5.73 Å². The number of aliphatic carboxylic acids is 7. The number of carboxylic acid groups (broad SMARTS) is 7. The zero-order valence-electron chi connectivity index (χ0n) is 34.0. The van der Waals surface area contributed by atoms with Crippen LogP contribution in [-0.4, -0.2) is 192 Å². The fourth-order valence-corrected chi connectivity index (χ4v) is 5.78. The monoisotopic (exact) mass is 911 g/mol. The van der Waals surface area contributed by atoms with Crippen LogP contribution in [0.15, 0.2) is 24.8 Å². The van der Waals surface area contributed by atoms with Crippen LogP contribution < -0.4 is 21.7 Å². The molecule has 2 heterocycles. The van der Waals surface area contributed by atoms with Gasteiger partial charge in [-0.1, -0.05) is 0 Å². The number of nitrogens with two attached hydrogens (primary N) is 1. The number of aromatic nitrogens is 4. The van der Waals surface area contributed by atoms with Crippen molar-refractivity contribution in [1.82, 2.24) is 49.8 Å². The summed E-state index contributed by atoms with van der Waals surface area (Å²) in [7, 11) is 0. The number of carbonyl (C=O) groups excluding carboxylic acids is 4. The largest absolute Gasteiger partial charge is 0.481 e. The molecule has 0 aliphatic heterocycles. The van der Waals surface area contributed by atoms with E-state index in [9.17, 15) is 83.4 Å². The smallest absolute Gasteiger partial charge is 0.326 e. The third-order valence-electron chi connectivity index (χ3n) is 8.82. The minimum Gasteiger partial charge on any atom is -0.481 e. The van der Waals surface area contributed by atoms with Crippen molar-refractivity contribution in [3.05, 3.63) is 36.4 Å². The van der Waals surface area contributed by atoms with Gasteiger partial charge in [-0.25, -0.2) is 24.4 Å². The summed E-state index contributed by atoms with van der Waals surface area (Å²) in [6, 6.07) is -5.55. The number of amides is 5. The third kappa shape index (κ3) is 19.4. The SMILES string of the molecule is N[C@@H](CN(Cc1nccn1CC(=O)N(CC(=O)O)CC(=O)O)Cc1nccn1CC(=O)N(CC(=O)O)CC(=O)O)C(=O)NCCCC[C@H](NC(=O)N[C@@H](CCC(=O)O)C(=O)O)C(=O)O. The van der Waals surface area contributed by atoms with Crippen molar-refractivity contribution in [1.29, 1.82) is 0 Å². The zero-order chi connectivity index (χ0) is 48.1. The van der Waals surface area contributed by atoms with E-state index in [1.165, 1.54) is 38.8 Å². The van der Waals surface area contributed by atoms with Gasteiger partial charge >= 0.3 is 47.8 Å². The highest BCUT2D eigenvalue weighted by atomic mass is 16.4. The average Bonchev–Trinajstić information content (AvgIpc) is 3.82. The topological polar surface area (TPSA) is 437 Å². The van der Waals surface area contributed by atoms with Crippen LogP contribution in [0, 0.1) is 0 Å². The molecule has 3 atom stereocenters. The first kappa shape index (κ1) is 52.4. The molecule has 0 aromatic carbocycles. The molecule has 352 valence electrons. The van der Waals surface area contributed by atoms with Gasteiger partial charge in [0.1, 0.15) is 63.0 Å². The minimum atomic E-state index is -1.60. The predicted octanol–water partition coefficient (Wildman–Crippen LogP) is -4.24. The van der Waals surface area contributed by atoms with Crippen LogP contribution in [0.1, 0.15) is 43.8 Å². The van der Waals surface area contributed by atoms with Crippen molar-refractivity contribution in [3.8, 4) is 0 Å². The molecular formula is C35H49N11O18. The standard InChI is InChI=1S/C35H49N11O18/c36-20(32(59)39-6-2-1-3-21(33(60)61)40-35(64)41-22(34(62)63)4-5-27(49)50)11-42(12-23-37-7-9-43(23)14-25(47)45(16-28(51)52)17-29(53)54)13-24-38-8-10-44(24)15-26(48)46(18-30(55)56)19-31(57)58/h7-10,20-22H,1-6,11-19,36H2,(H,39,59)(H,49,50)(H,51,52)(H,53,54)(H,55,56)(H,57,58)(H,60,61)(H,62,63)(H2,40,41,64)/t20-,21-,22-/m0/s1. The van der Waals surface area contributed by atoms with Gasteiger partial charge in [0.25, 0.3) is 0 Å². The molecule has 0 radical (unpaired) electrons. The Balaban J connectivity index is 2.20. The molecule has 0 unspecified atom stereocenters. The third-order valence-corrected chi connectivity index (χ3v) is 8.82. The van der Waals surface area contributed by atoms with Crippen molar-refractivity contribution >= 4 is 65.5 Å². The zero-order valence-corrected chi connectivity index (χ0v) is 34.0. The summed E-state index contributed by atoms with van der Waals surface area (Å²) in [6.07, 6.45) is 4.38. The van der Waals surface area contributed by atoms with E-state index in [-0.39, 0.29) is 57.1 Å². The van der Waals surface area contributed by atoms with E-state index in [2.05, 4.69) is 20.6 Å². The van der Waals surface area contributed by atoms with Crippen molar-refractivity contribution < 1.29 is 88.5 Å². The van der Waals surface area contributed by atoms with Gasteiger partial charge < -0.3 is 76.4 Å². The first-order valence-electron chi connectivity index (χ1n) is 19.0. The lowest BCUT2D eigenvalue weighted by Gasteiger charge is -2.26. The molecule has 2 aromatic rings. The maximum atomic E-state index is 13.2. The van der Waals surface area contributed by atoms with Crippen molar-refractivity contribution in [3.63, 3.8) is 0 Å². The number of hydrogen-bond acceptors (Lipinski definition) is 15. The van der Waals surface area contributed by atoms with E-state index in [4.69, 9.17) is 10.8 Å². The number of carbonyl (C=O) groups is 11. The Hall–Kier alpha value is -7.69. The highest BCUT2D eigenvalue weighted by Gasteiger charge is 2.27. The normalized spacial score (nSPS) is 12.3. The van der Waals surface area contributed by atoms with Gasteiger partial charge in [0, 0.05) is 44.3 Å². The van der Waals surface area contributed by atoms with Crippen LogP contribution in [0.2, 0.25) is 0 Å². The molecule has 2 rings (SSSR count). The van der Waals surface area contributed by atoms with E-state index >= 15 is 0 Å². The van der Waals surface area contributed by atoms with Gasteiger partial charge in [0.2, 0.25) is 17.7 Å². The van der Waals surface area contributed by atoms with Gasteiger partial charge in [-0.05, 0) is 25.7 Å². The molecule has 29 heteroatoms. The van der Waals surface area contributed by atoms with Crippen LogP contribution >= 0.6 is 0 Å². The van der Waals surface area contributed by atoms with E-state index < -0.39 is 136 Å². The van der Waals surface area contributed by atoms with E-state index in [1.54, 1.807) is 0 Å². The van der Waals surface area contributed by atoms with Gasteiger partial charge in [0.15, 0.2) is 0 Å². The second kappa shape index (κ2) is 25.9. The summed E-state index contributed by atoms with van der Waals surface area (Å²) in [4.78, 5) is 142. The van der Waals surface area contributed by atoms with Crippen LogP contribution in [0.5, 0.6) is 0 Å². The van der Waals surface area contributed by atoms with Crippen LogP contribution in [0.25, 0.3) is 0 Å². The lowest BCUT2D eigenvalue weighted by atomic mass is 10.1. The highest BCUT2D eigenvalue weighted by Crippen LogP contribution is 2.12. The molecule has 64 heavy (non-hydrogen) atoms. The molecule has 0 spiro atoms. The summed E-state index contributed by atoms with van der Waals surface area (Å²) >= 11 is 0. The lowest BCUT2D eigenvalue weighted by Crippen LogP contribution is -2.51. The van der Waals surface area contributed by atoms with Crippen LogP contribution in [-0.2, 0) is 74.1 Å². The minimum absolute atomic E-state index is 0.0350. The van der Waals surface area contributed by atoms with Gasteiger partial charge in [-0.15, -0.1) is 0 Å². The Bertz CT molecular complexity index is 1900. The molecule has 0 bridgehead atoms. The fraction of sp³-hybridized carbons (Fsp3) is 0.514. The molecule has 0 aliphatic carbocycles. The quantitative estimate of drug-likeness (QED) is 0.0319. The summed E-state index contributed by atoms with van der Waals surface area (Å²) in [5.74, 6) is -12.3. The first-order valence-corrected chi connectivity index (χ1v) is 19.0. The number of urea groups is 1. The Morgan fingerprint density at radius 3 is 1.42 bits per heavy atom. The molecular weight excluding hydrogens is 862 g/mol. The number of imidazole rings is 2. The molecule has 0 saturated heterocycles. The maximum absolute atomic E-state index is 13.2. The van der Waals surface area contributed by atoms with E-state index in [0.717, 1.165) is 0 Å². The van der Waals surface area contributed by atoms with E-state index in [1.807, 2.05) is 5.32 Å². The molecule has 0 saturated carbocycles. The van der Waals surface area contributed by atoms with E-state index in [0.29, 0.717) is 9.80 Å². The summed E-state index contributed by atoms with van der Waals surface area (Å²) in [6.45, 7) is -5.47.